The van der Waals surface area contributed by atoms with Gasteiger partial charge in [0.2, 0.25) is 5.91 Å². The molecule has 12 atom stereocenters. The van der Waals surface area contributed by atoms with Crippen molar-refractivity contribution in [2.24, 2.45) is 0 Å². The number of hydrogen-bond acceptors (Lipinski definition) is 13. The van der Waals surface area contributed by atoms with Crippen molar-refractivity contribution in [3.05, 3.63) is 12.2 Å². The third-order valence-corrected chi connectivity index (χ3v) is 8.46. The van der Waals surface area contributed by atoms with Crippen LogP contribution in [-0.4, -0.2) is 140 Å². The van der Waals surface area contributed by atoms with Crippen molar-refractivity contribution in [1.29, 1.82) is 0 Å². The van der Waals surface area contributed by atoms with Crippen LogP contribution >= 0.6 is 0 Å². The van der Waals surface area contributed by atoms with Gasteiger partial charge in [-0.25, -0.2) is 0 Å². The molecule has 2 aliphatic rings. The van der Waals surface area contributed by atoms with Gasteiger partial charge in [0.15, 0.2) is 12.6 Å². The number of nitrogens with one attached hydrogen (secondary N) is 1. The van der Waals surface area contributed by atoms with Gasteiger partial charge in [0, 0.05) is 6.42 Å². The lowest BCUT2D eigenvalue weighted by molar-refractivity contribution is -0.359. The molecule has 14 nitrogen and oxygen atoms in total. The number of carbonyl (C=O) groups is 1. The first kappa shape index (κ1) is 40.9. The van der Waals surface area contributed by atoms with Crippen LogP contribution in [0.5, 0.6) is 0 Å². The predicted octanol–water partition coefficient (Wildman–Crippen LogP) is -0.250. The summed E-state index contributed by atoms with van der Waals surface area (Å²) in [5, 5.41) is 85.0. The molecule has 9 N–H and O–H groups in total. The summed E-state index contributed by atoms with van der Waals surface area (Å²) in [5.74, 6) is -0.258. The number of rotatable bonds is 22. The molecule has 0 aromatic carbocycles. The SMILES string of the molecule is CCC/C=C/C(O)C(COC1OC(CO)C(OC2OC(CO)C(O)C(O)C2O)C(O)C1O)NC(=O)CCCCCCCCCCC. The standard InChI is InChI=1S/C32H59NO13/c1-3-5-7-8-9-10-11-12-14-16-24(37)33-20(21(36)15-13-6-4-2)19-43-31-29(42)27(40)30(23(18-35)45-31)46-32-28(41)26(39)25(38)22(17-34)44-32/h13,15,20-23,25-32,34-36,38-42H,3-12,14,16-19H2,1-2H3,(H,33,37)/b15-13+. The number of unbranched alkanes of at least 4 members (excludes halogenated alkanes) is 9. The lowest BCUT2D eigenvalue weighted by Gasteiger charge is -2.46. The van der Waals surface area contributed by atoms with E-state index in [9.17, 15) is 45.6 Å². The highest BCUT2D eigenvalue weighted by atomic mass is 16.7. The summed E-state index contributed by atoms with van der Waals surface area (Å²) in [6.07, 6.45) is -1.69. The molecular weight excluding hydrogens is 606 g/mol. The Morgan fingerprint density at radius 3 is 1.96 bits per heavy atom. The van der Waals surface area contributed by atoms with Crippen LogP contribution in [0.3, 0.4) is 0 Å². The fraction of sp³-hybridized carbons (Fsp3) is 0.906. The Morgan fingerprint density at radius 1 is 0.761 bits per heavy atom. The highest BCUT2D eigenvalue weighted by Crippen LogP contribution is 2.29. The van der Waals surface area contributed by atoms with Gasteiger partial charge in [0.1, 0.15) is 48.8 Å². The van der Waals surface area contributed by atoms with Crippen molar-refractivity contribution in [3.8, 4) is 0 Å². The number of hydrogen-bond donors (Lipinski definition) is 9. The van der Waals surface area contributed by atoms with Crippen molar-refractivity contribution in [2.75, 3.05) is 19.8 Å². The zero-order chi connectivity index (χ0) is 34.1. The lowest BCUT2D eigenvalue weighted by atomic mass is 9.97. The molecule has 270 valence electrons. The van der Waals surface area contributed by atoms with Crippen LogP contribution in [-0.2, 0) is 23.7 Å². The van der Waals surface area contributed by atoms with E-state index in [-0.39, 0.29) is 18.9 Å². The minimum Gasteiger partial charge on any atom is -0.394 e. The Kier molecular flexibility index (Phi) is 19.9. The first-order valence-corrected chi connectivity index (χ1v) is 16.9. The second-order valence-electron chi connectivity index (χ2n) is 12.3. The van der Waals surface area contributed by atoms with Crippen molar-refractivity contribution in [1.82, 2.24) is 5.32 Å². The summed E-state index contributed by atoms with van der Waals surface area (Å²) in [5.41, 5.74) is 0. The molecule has 0 aromatic rings. The molecule has 2 saturated heterocycles. The molecule has 2 heterocycles. The van der Waals surface area contributed by atoms with Gasteiger partial charge < -0.3 is 65.1 Å². The Hall–Kier alpha value is -1.27. The zero-order valence-corrected chi connectivity index (χ0v) is 27.3. The van der Waals surface area contributed by atoms with E-state index in [0.29, 0.717) is 6.42 Å². The van der Waals surface area contributed by atoms with Crippen molar-refractivity contribution in [2.45, 2.75) is 164 Å². The van der Waals surface area contributed by atoms with Crippen LogP contribution in [0.4, 0.5) is 0 Å². The van der Waals surface area contributed by atoms with Crippen LogP contribution < -0.4 is 5.32 Å². The van der Waals surface area contributed by atoms with Crippen LogP contribution in [0.2, 0.25) is 0 Å². The molecule has 2 aliphatic heterocycles. The summed E-state index contributed by atoms with van der Waals surface area (Å²) in [6.45, 7) is 2.46. The van der Waals surface area contributed by atoms with E-state index in [1.54, 1.807) is 12.2 Å². The molecule has 0 radical (unpaired) electrons. The summed E-state index contributed by atoms with van der Waals surface area (Å²) >= 11 is 0. The third kappa shape index (κ3) is 13.0. The second-order valence-corrected chi connectivity index (χ2v) is 12.3. The maximum atomic E-state index is 12.8. The molecule has 12 unspecified atom stereocenters. The number of aliphatic hydroxyl groups excluding tert-OH is 8. The highest BCUT2D eigenvalue weighted by molar-refractivity contribution is 5.76. The van der Waals surface area contributed by atoms with Crippen LogP contribution in [0, 0.1) is 0 Å². The van der Waals surface area contributed by atoms with E-state index in [1.807, 2.05) is 6.92 Å². The number of ether oxygens (including phenoxy) is 4. The monoisotopic (exact) mass is 665 g/mol. The zero-order valence-electron chi connectivity index (χ0n) is 27.3. The van der Waals surface area contributed by atoms with Gasteiger partial charge in [0.05, 0.1) is 32.0 Å². The van der Waals surface area contributed by atoms with E-state index >= 15 is 0 Å². The third-order valence-electron chi connectivity index (χ3n) is 8.46. The topological polar surface area (TPSA) is 228 Å². The normalized spacial score (nSPS) is 33.3. The van der Waals surface area contributed by atoms with Gasteiger partial charge in [-0.3, -0.25) is 4.79 Å². The van der Waals surface area contributed by atoms with Crippen molar-refractivity contribution in [3.63, 3.8) is 0 Å². The summed E-state index contributed by atoms with van der Waals surface area (Å²) in [7, 11) is 0. The van der Waals surface area contributed by atoms with Gasteiger partial charge >= 0.3 is 0 Å². The highest BCUT2D eigenvalue weighted by Gasteiger charge is 2.50. The van der Waals surface area contributed by atoms with Gasteiger partial charge in [-0.2, -0.15) is 0 Å². The second kappa shape index (κ2) is 22.4. The van der Waals surface area contributed by atoms with E-state index < -0.39 is 86.8 Å². The van der Waals surface area contributed by atoms with E-state index in [4.69, 9.17) is 18.9 Å². The molecule has 0 aromatic heterocycles. The van der Waals surface area contributed by atoms with Crippen LogP contribution in [0.15, 0.2) is 12.2 Å². The minimum atomic E-state index is -1.78. The van der Waals surface area contributed by atoms with Gasteiger partial charge in [-0.05, 0) is 12.8 Å². The number of amides is 1. The molecule has 2 rings (SSSR count). The summed E-state index contributed by atoms with van der Waals surface area (Å²) in [4.78, 5) is 12.8. The Morgan fingerprint density at radius 2 is 1.35 bits per heavy atom. The molecular formula is C32H59NO13. The average molecular weight is 666 g/mol. The first-order chi connectivity index (χ1) is 22.1. The maximum absolute atomic E-state index is 12.8. The molecule has 1 amide bonds. The van der Waals surface area contributed by atoms with Gasteiger partial charge in [-0.1, -0.05) is 83.8 Å². The molecule has 46 heavy (non-hydrogen) atoms. The number of aliphatic hydroxyl groups is 8. The molecule has 0 spiro atoms. The number of carbonyl (C=O) groups excluding carboxylic acids is 1. The molecule has 0 bridgehead atoms. The van der Waals surface area contributed by atoms with Gasteiger partial charge in [0.25, 0.3) is 0 Å². The minimum absolute atomic E-state index is 0.258. The summed E-state index contributed by atoms with van der Waals surface area (Å²) in [6, 6.07) is -0.900. The largest absolute Gasteiger partial charge is 0.394 e. The quantitative estimate of drug-likeness (QED) is 0.0538. The van der Waals surface area contributed by atoms with Crippen molar-refractivity contribution >= 4 is 5.91 Å². The Balaban J connectivity index is 1.95. The molecule has 0 aliphatic carbocycles. The number of allylic oxidation sites excluding steroid dienone is 1. The predicted molar refractivity (Wildman–Crippen MR) is 166 cm³/mol. The molecule has 14 heteroatoms. The van der Waals surface area contributed by atoms with E-state index in [0.717, 1.165) is 32.1 Å². The summed E-state index contributed by atoms with van der Waals surface area (Å²) < 4.78 is 22.3. The first-order valence-electron chi connectivity index (χ1n) is 16.9. The van der Waals surface area contributed by atoms with Gasteiger partial charge in [-0.15, -0.1) is 0 Å². The molecule has 0 saturated carbocycles. The fourth-order valence-electron chi connectivity index (χ4n) is 5.53. The lowest BCUT2D eigenvalue weighted by Crippen LogP contribution is -2.65. The van der Waals surface area contributed by atoms with Crippen LogP contribution in [0.1, 0.15) is 90.9 Å². The van der Waals surface area contributed by atoms with Crippen LogP contribution in [0.25, 0.3) is 0 Å². The Bertz CT molecular complexity index is 847. The smallest absolute Gasteiger partial charge is 0.220 e. The average Bonchev–Trinajstić information content (AvgIpc) is 3.05. The van der Waals surface area contributed by atoms with Crippen molar-refractivity contribution < 1.29 is 64.6 Å². The Labute approximate surface area is 272 Å². The fourth-order valence-corrected chi connectivity index (χ4v) is 5.53. The van der Waals surface area contributed by atoms with E-state index in [2.05, 4.69) is 12.2 Å². The van der Waals surface area contributed by atoms with E-state index in [1.165, 1.54) is 32.1 Å². The maximum Gasteiger partial charge on any atom is 0.220 e. The molecule has 2 fully saturated rings.